The number of unbranched alkanes of at least 4 members (excludes halogenated alkanes) is 8. The van der Waals surface area contributed by atoms with Crippen LogP contribution in [0.1, 0.15) is 76.7 Å². The van der Waals surface area contributed by atoms with E-state index in [4.69, 9.17) is 35.3 Å². The molecule has 0 heterocycles. The minimum Gasteiger partial charge on any atom is -0.491 e. The summed E-state index contributed by atoms with van der Waals surface area (Å²) in [6, 6.07) is 8.47. The molecule has 0 radical (unpaired) electrons. The Hall–Kier alpha value is -0.850. The summed E-state index contributed by atoms with van der Waals surface area (Å²) in [5.41, 5.74) is 1.39. The van der Waals surface area contributed by atoms with Crippen molar-refractivity contribution in [2.45, 2.75) is 77.6 Å². The summed E-state index contributed by atoms with van der Waals surface area (Å²) in [4.78, 5) is 0. The van der Waals surface area contributed by atoms with Gasteiger partial charge < -0.3 is 23.7 Å². The Balaban J connectivity index is 1.81. The average molecular weight is 501 g/mol. The molecule has 1 aromatic rings. The Labute approximate surface area is 213 Å². The standard InChI is InChI=1S/C28H49ClO5/c1-2-3-4-5-6-9-12-27-13-15-28(16-14-27)34-26-25-33-24-23-32-22-21-31-20-19-30-18-11-8-7-10-17-29/h13-16H,2-12,17-26H2,1H3. The van der Waals surface area contributed by atoms with Crippen LogP contribution in [0.25, 0.3) is 0 Å². The molecular weight excluding hydrogens is 452 g/mol. The van der Waals surface area contributed by atoms with Crippen LogP contribution in [-0.2, 0) is 25.4 Å². The van der Waals surface area contributed by atoms with Crippen molar-refractivity contribution in [2.24, 2.45) is 0 Å². The lowest BCUT2D eigenvalue weighted by molar-refractivity contribution is -0.00486. The summed E-state index contributed by atoms with van der Waals surface area (Å²) in [7, 11) is 0. The van der Waals surface area contributed by atoms with Gasteiger partial charge >= 0.3 is 0 Å². The number of aryl methyl sites for hydroxylation is 1. The molecule has 5 nitrogen and oxygen atoms in total. The van der Waals surface area contributed by atoms with Crippen LogP contribution in [0.5, 0.6) is 5.75 Å². The number of benzene rings is 1. The van der Waals surface area contributed by atoms with Crippen LogP contribution in [0.2, 0.25) is 0 Å². The SMILES string of the molecule is CCCCCCCCc1ccc(OCCOCCOCCOCCOCCCCCCCl)cc1. The zero-order chi connectivity index (χ0) is 24.4. The molecule has 0 aromatic heterocycles. The van der Waals surface area contributed by atoms with E-state index in [-0.39, 0.29) is 0 Å². The Kier molecular flexibility index (Phi) is 23.2. The Morgan fingerprint density at radius 2 is 1.03 bits per heavy atom. The van der Waals surface area contributed by atoms with Crippen LogP contribution in [0.3, 0.4) is 0 Å². The van der Waals surface area contributed by atoms with Crippen LogP contribution in [-0.4, -0.2) is 65.3 Å². The first kappa shape index (κ1) is 31.2. The van der Waals surface area contributed by atoms with Gasteiger partial charge in [-0.1, -0.05) is 64.0 Å². The van der Waals surface area contributed by atoms with Gasteiger partial charge in [0.15, 0.2) is 0 Å². The van der Waals surface area contributed by atoms with E-state index in [2.05, 4.69) is 31.2 Å². The van der Waals surface area contributed by atoms with Gasteiger partial charge in [0, 0.05) is 12.5 Å². The molecule has 0 bridgehead atoms. The highest BCUT2D eigenvalue weighted by Crippen LogP contribution is 2.15. The lowest BCUT2D eigenvalue weighted by atomic mass is 10.0. The first-order chi connectivity index (χ1) is 16.9. The van der Waals surface area contributed by atoms with Crippen molar-refractivity contribution >= 4 is 11.6 Å². The molecule has 0 aliphatic rings. The summed E-state index contributed by atoms with van der Waals surface area (Å²) in [5.74, 6) is 1.66. The summed E-state index contributed by atoms with van der Waals surface area (Å²) in [5, 5.41) is 0. The van der Waals surface area contributed by atoms with Gasteiger partial charge in [-0.2, -0.15) is 0 Å². The van der Waals surface area contributed by atoms with Gasteiger partial charge in [0.05, 0.1) is 46.2 Å². The number of rotatable bonds is 26. The summed E-state index contributed by atoms with van der Waals surface area (Å²) in [6.07, 6.45) is 13.7. The third kappa shape index (κ3) is 20.5. The van der Waals surface area contributed by atoms with Crippen LogP contribution >= 0.6 is 11.6 Å². The molecule has 0 aliphatic heterocycles. The molecule has 0 fully saturated rings. The molecule has 198 valence electrons. The molecule has 0 N–H and O–H groups in total. The first-order valence-electron chi connectivity index (χ1n) is 13.5. The summed E-state index contributed by atoms with van der Waals surface area (Å²) < 4.78 is 27.9. The van der Waals surface area contributed by atoms with Crippen molar-refractivity contribution in [2.75, 3.05) is 65.3 Å². The Morgan fingerprint density at radius 1 is 0.529 bits per heavy atom. The highest BCUT2D eigenvalue weighted by atomic mass is 35.5. The van der Waals surface area contributed by atoms with Gasteiger partial charge in [-0.3, -0.25) is 0 Å². The molecule has 6 heteroatoms. The second kappa shape index (κ2) is 25.2. The summed E-state index contributed by atoms with van der Waals surface area (Å²) in [6.45, 7) is 7.70. The second-order valence-corrected chi connectivity index (χ2v) is 8.94. The van der Waals surface area contributed by atoms with Crippen molar-refractivity contribution in [1.29, 1.82) is 0 Å². The third-order valence-electron chi connectivity index (χ3n) is 5.53. The molecule has 1 aromatic carbocycles. The maximum absolute atomic E-state index is 5.75. The Bertz CT molecular complexity index is 526. The van der Waals surface area contributed by atoms with E-state index in [0.717, 1.165) is 37.5 Å². The van der Waals surface area contributed by atoms with Crippen LogP contribution < -0.4 is 4.74 Å². The number of halogens is 1. The fourth-order valence-corrected chi connectivity index (χ4v) is 3.68. The molecule has 0 saturated heterocycles. The quantitative estimate of drug-likeness (QED) is 0.103. The van der Waals surface area contributed by atoms with E-state index in [1.165, 1.54) is 56.9 Å². The van der Waals surface area contributed by atoms with E-state index in [1.54, 1.807) is 0 Å². The zero-order valence-corrected chi connectivity index (χ0v) is 22.3. The smallest absolute Gasteiger partial charge is 0.119 e. The van der Waals surface area contributed by atoms with Gasteiger partial charge in [-0.15, -0.1) is 11.6 Å². The minimum absolute atomic E-state index is 0.548. The lowest BCUT2D eigenvalue weighted by Gasteiger charge is -2.09. The molecule has 0 atom stereocenters. The van der Waals surface area contributed by atoms with E-state index in [1.807, 2.05) is 0 Å². The van der Waals surface area contributed by atoms with Crippen LogP contribution in [0.15, 0.2) is 24.3 Å². The second-order valence-electron chi connectivity index (χ2n) is 8.56. The largest absolute Gasteiger partial charge is 0.491 e. The Morgan fingerprint density at radius 3 is 1.65 bits per heavy atom. The molecule has 0 aliphatic carbocycles. The number of hydrogen-bond donors (Lipinski definition) is 0. The maximum Gasteiger partial charge on any atom is 0.119 e. The van der Waals surface area contributed by atoms with Crippen molar-refractivity contribution in [3.63, 3.8) is 0 Å². The fourth-order valence-electron chi connectivity index (χ4n) is 3.49. The average Bonchev–Trinajstić information content (AvgIpc) is 2.86. The predicted octanol–water partition coefficient (Wildman–Crippen LogP) is 6.83. The molecule has 0 saturated carbocycles. The van der Waals surface area contributed by atoms with Gasteiger partial charge in [-0.05, 0) is 43.4 Å². The molecule has 0 spiro atoms. The number of alkyl halides is 1. The van der Waals surface area contributed by atoms with Gasteiger partial charge in [0.2, 0.25) is 0 Å². The highest BCUT2D eigenvalue weighted by Gasteiger charge is 1.98. The van der Waals surface area contributed by atoms with E-state index in [9.17, 15) is 0 Å². The monoisotopic (exact) mass is 500 g/mol. The number of ether oxygens (including phenoxy) is 5. The fraction of sp³-hybridized carbons (Fsp3) is 0.786. The van der Waals surface area contributed by atoms with Crippen LogP contribution in [0, 0.1) is 0 Å². The molecule has 34 heavy (non-hydrogen) atoms. The van der Waals surface area contributed by atoms with Crippen molar-refractivity contribution in [3.8, 4) is 5.75 Å². The normalized spacial score (nSPS) is 11.2. The highest BCUT2D eigenvalue weighted by molar-refractivity contribution is 6.17. The maximum atomic E-state index is 5.75. The van der Waals surface area contributed by atoms with Gasteiger partial charge in [0.25, 0.3) is 0 Å². The van der Waals surface area contributed by atoms with Gasteiger partial charge in [0.1, 0.15) is 12.4 Å². The molecule has 0 unspecified atom stereocenters. The molecule has 1 rings (SSSR count). The van der Waals surface area contributed by atoms with E-state index < -0.39 is 0 Å². The molecule has 0 amide bonds. The van der Waals surface area contributed by atoms with Crippen molar-refractivity contribution in [1.82, 2.24) is 0 Å². The predicted molar refractivity (Wildman–Crippen MR) is 141 cm³/mol. The topological polar surface area (TPSA) is 46.2 Å². The van der Waals surface area contributed by atoms with Crippen molar-refractivity contribution < 1.29 is 23.7 Å². The summed E-state index contributed by atoms with van der Waals surface area (Å²) >= 11 is 5.65. The van der Waals surface area contributed by atoms with Crippen LogP contribution in [0.4, 0.5) is 0 Å². The van der Waals surface area contributed by atoms with Gasteiger partial charge in [-0.25, -0.2) is 0 Å². The van der Waals surface area contributed by atoms with Crippen molar-refractivity contribution in [3.05, 3.63) is 29.8 Å². The zero-order valence-electron chi connectivity index (χ0n) is 21.6. The minimum atomic E-state index is 0.548. The van der Waals surface area contributed by atoms with E-state index >= 15 is 0 Å². The third-order valence-corrected chi connectivity index (χ3v) is 5.79. The lowest BCUT2D eigenvalue weighted by Crippen LogP contribution is -2.13. The molecular formula is C28H49ClO5. The number of hydrogen-bond acceptors (Lipinski definition) is 5. The van der Waals surface area contributed by atoms with E-state index in [0.29, 0.717) is 52.9 Å². The first-order valence-corrected chi connectivity index (χ1v) is 14.0.